The number of carbonyl (C=O) groups is 1. The standard InChI is InChI=1S/C18H28N2O/c1-12-8-6-7-9-16(12)14-10-15(11-14)19-13(2)17(21)20-18(3,4)5/h6-9,13-15,19H,10-11H2,1-5H3,(H,20,21). The molecule has 1 aromatic carbocycles. The monoisotopic (exact) mass is 288 g/mol. The number of aryl methyl sites for hydroxylation is 1. The highest BCUT2D eigenvalue weighted by molar-refractivity contribution is 5.82. The fourth-order valence-corrected chi connectivity index (χ4v) is 2.96. The minimum Gasteiger partial charge on any atom is -0.350 e. The van der Waals surface area contributed by atoms with Gasteiger partial charge in [-0.25, -0.2) is 0 Å². The van der Waals surface area contributed by atoms with Gasteiger partial charge in [-0.3, -0.25) is 4.79 Å². The van der Waals surface area contributed by atoms with Crippen LogP contribution < -0.4 is 10.6 Å². The topological polar surface area (TPSA) is 41.1 Å². The molecule has 1 aromatic rings. The lowest BCUT2D eigenvalue weighted by Crippen LogP contribution is -2.54. The molecular formula is C18H28N2O. The van der Waals surface area contributed by atoms with Crippen LogP contribution in [-0.4, -0.2) is 23.5 Å². The van der Waals surface area contributed by atoms with Crippen LogP contribution in [0.1, 0.15) is 57.6 Å². The van der Waals surface area contributed by atoms with Crippen molar-refractivity contribution >= 4 is 5.91 Å². The average molecular weight is 288 g/mol. The molecule has 1 unspecified atom stereocenters. The van der Waals surface area contributed by atoms with Crippen molar-refractivity contribution in [3.05, 3.63) is 35.4 Å². The molecule has 3 nitrogen and oxygen atoms in total. The van der Waals surface area contributed by atoms with Gasteiger partial charge in [0.15, 0.2) is 0 Å². The second-order valence-electron chi connectivity index (χ2n) is 7.35. The summed E-state index contributed by atoms with van der Waals surface area (Å²) in [5, 5.41) is 6.47. The summed E-state index contributed by atoms with van der Waals surface area (Å²) in [5.41, 5.74) is 2.66. The van der Waals surface area contributed by atoms with Crippen LogP contribution >= 0.6 is 0 Å². The van der Waals surface area contributed by atoms with Crippen molar-refractivity contribution < 1.29 is 4.79 Å². The van der Waals surface area contributed by atoms with Crippen molar-refractivity contribution in [1.82, 2.24) is 10.6 Å². The molecule has 0 spiro atoms. The third-order valence-corrected chi connectivity index (χ3v) is 4.14. The highest BCUT2D eigenvalue weighted by Gasteiger charge is 2.33. The van der Waals surface area contributed by atoms with Gasteiger partial charge in [0.25, 0.3) is 0 Å². The van der Waals surface area contributed by atoms with Gasteiger partial charge in [0.1, 0.15) is 0 Å². The lowest BCUT2D eigenvalue weighted by Gasteiger charge is -2.39. The fraction of sp³-hybridized carbons (Fsp3) is 0.611. The number of nitrogens with one attached hydrogen (secondary N) is 2. The number of benzene rings is 1. The average Bonchev–Trinajstić information content (AvgIpc) is 2.32. The Balaban J connectivity index is 1.80. The zero-order valence-electron chi connectivity index (χ0n) is 13.9. The lowest BCUT2D eigenvalue weighted by molar-refractivity contribution is -0.124. The first kappa shape index (κ1) is 16.0. The van der Waals surface area contributed by atoms with Gasteiger partial charge in [-0.05, 0) is 64.5 Å². The molecule has 1 atom stereocenters. The second-order valence-corrected chi connectivity index (χ2v) is 7.35. The van der Waals surface area contributed by atoms with E-state index in [2.05, 4.69) is 41.8 Å². The van der Waals surface area contributed by atoms with Crippen LogP contribution in [0.2, 0.25) is 0 Å². The van der Waals surface area contributed by atoms with Crippen LogP contribution in [0, 0.1) is 6.92 Å². The van der Waals surface area contributed by atoms with E-state index in [0.717, 1.165) is 12.8 Å². The van der Waals surface area contributed by atoms with E-state index in [1.807, 2.05) is 27.7 Å². The number of rotatable bonds is 4. The largest absolute Gasteiger partial charge is 0.350 e. The van der Waals surface area contributed by atoms with E-state index in [0.29, 0.717) is 12.0 Å². The summed E-state index contributed by atoms with van der Waals surface area (Å²) in [7, 11) is 0. The molecule has 2 rings (SSSR count). The van der Waals surface area contributed by atoms with Gasteiger partial charge in [-0.2, -0.15) is 0 Å². The first-order valence-electron chi connectivity index (χ1n) is 7.90. The number of carbonyl (C=O) groups excluding carboxylic acids is 1. The van der Waals surface area contributed by atoms with Crippen LogP contribution in [0.4, 0.5) is 0 Å². The summed E-state index contributed by atoms with van der Waals surface area (Å²) in [6, 6.07) is 8.93. The van der Waals surface area contributed by atoms with Gasteiger partial charge < -0.3 is 10.6 Å². The summed E-state index contributed by atoms with van der Waals surface area (Å²) in [5.74, 6) is 0.725. The SMILES string of the molecule is Cc1ccccc1C1CC(NC(C)C(=O)NC(C)(C)C)C1. The predicted octanol–water partition coefficient (Wildman–Crippen LogP) is 3.13. The summed E-state index contributed by atoms with van der Waals surface area (Å²) in [6.45, 7) is 10.1. The first-order valence-corrected chi connectivity index (χ1v) is 7.90. The highest BCUT2D eigenvalue weighted by atomic mass is 16.2. The predicted molar refractivity (Wildman–Crippen MR) is 87.4 cm³/mol. The van der Waals surface area contributed by atoms with Crippen LogP contribution in [0.5, 0.6) is 0 Å². The molecule has 0 heterocycles. The van der Waals surface area contributed by atoms with Crippen LogP contribution in [0.3, 0.4) is 0 Å². The molecule has 116 valence electrons. The van der Waals surface area contributed by atoms with Crippen molar-refractivity contribution in [3.8, 4) is 0 Å². The zero-order valence-corrected chi connectivity index (χ0v) is 13.9. The van der Waals surface area contributed by atoms with E-state index in [1.54, 1.807) is 0 Å². The molecule has 0 aliphatic heterocycles. The second kappa shape index (κ2) is 6.18. The summed E-state index contributed by atoms with van der Waals surface area (Å²) in [6.07, 6.45) is 2.25. The number of amides is 1. The molecule has 1 saturated carbocycles. The Labute approximate surface area is 128 Å². The van der Waals surface area contributed by atoms with E-state index >= 15 is 0 Å². The Morgan fingerprint density at radius 1 is 1.24 bits per heavy atom. The van der Waals surface area contributed by atoms with Crippen LogP contribution in [0.25, 0.3) is 0 Å². The molecule has 21 heavy (non-hydrogen) atoms. The number of hydrogen-bond acceptors (Lipinski definition) is 2. The Morgan fingerprint density at radius 3 is 2.43 bits per heavy atom. The molecule has 1 aliphatic rings. The minimum absolute atomic E-state index is 0.0850. The van der Waals surface area contributed by atoms with Gasteiger partial charge in [0.2, 0.25) is 5.91 Å². The molecular weight excluding hydrogens is 260 g/mol. The zero-order chi connectivity index (χ0) is 15.6. The van der Waals surface area contributed by atoms with E-state index < -0.39 is 0 Å². The molecule has 3 heteroatoms. The van der Waals surface area contributed by atoms with Crippen molar-refractivity contribution in [2.45, 2.75) is 71.0 Å². The molecule has 0 bridgehead atoms. The van der Waals surface area contributed by atoms with E-state index in [4.69, 9.17) is 0 Å². The normalized spacial score (nSPS) is 23.3. The molecule has 0 aromatic heterocycles. The molecule has 0 radical (unpaired) electrons. The maximum atomic E-state index is 12.1. The maximum Gasteiger partial charge on any atom is 0.237 e. The summed E-state index contributed by atoms with van der Waals surface area (Å²) in [4.78, 5) is 12.1. The third-order valence-electron chi connectivity index (χ3n) is 4.14. The van der Waals surface area contributed by atoms with Gasteiger partial charge in [0.05, 0.1) is 6.04 Å². The Hall–Kier alpha value is -1.35. The Kier molecular flexibility index (Phi) is 4.72. The van der Waals surface area contributed by atoms with Crippen LogP contribution in [-0.2, 0) is 4.79 Å². The van der Waals surface area contributed by atoms with E-state index in [9.17, 15) is 4.79 Å². The van der Waals surface area contributed by atoms with E-state index in [1.165, 1.54) is 11.1 Å². The molecule has 1 fully saturated rings. The molecule has 1 amide bonds. The maximum absolute atomic E-state index is 12.1. The van der Waals surface area contributed by atoms with Crippen molar-refractivity contribution in [2.24, 2.45) is 0 Å². The Bertz CT molecular complexity index is 498. The molecule has 1 aliphatic carbocycles. The number of hydrogen-bond donors (Lipinski definition) is 2. The highest BCUT2D eigenvalue weighted by Crippen LogP contribution is 2.38. The lowest BCUT2D eigenvalue weighted by atomic mass is 9.74. The first-order chi connectivity index (χ1) is 9.76. The van der Waals surface area contributed by atoms with Crippen molar-refractivity contribution in [2.75, 3.05) is 0 Å². The Morgan fingerprint density at radius 2 is 1.86 bits per heavy atom. The minimum atomic E-state index is -0.170. The van der Waals surface area contributed by atoms with Gasteiger partial charge in [-0.1, -0.05) is 24.3 Å². The van der Waals surface area contributed by atoms with Crippen LogP contribution in [0.15, 0.2) is 24.3 Å². The summed E-state index contributed by atoms with van der Waals surface area (Å²) >= 11 is 0. The quantitative estimate of drug-likeness (QED) is 0.893. The summed E-state index contributed by atoms with van der Waals surface area (Å²) < 4.78 is 0. The van der Waals surface area contributed by atoms with Gasteiger partial charge in [0, 0.05) is 11.6 Å². The van der Waals surface area contributed by atoms with E-state index in [-0.39, 0.29) is 17.5 Å². The molecule has 0 saturated heterocycles. The fourth-order valence-electron chi connectivity index (χ4n) is 2.96. The smallest absolute Gasteiger partial charge is 0.237 e. The van der Waals surface area contributed by atoms with Crippen molar-refractivity contribution in [3.63, 3.8) is 0 Å². The van der Waals surface area contributed by atoms with Gasteiger partial charge in [-0.15, -0.1) is 0 Å². The van der Waals surface area contributed by atoms with Gasteiger partial charge >= 0.3 is 0 Å². The third kappa shape index (κ3) is 4.31. The van der Waals surface area contributed by atoms with Crippen molar-refractivity contribution in [1.29, 1.82) is 0 Å². The molecule has 2 N–H and O–H groups in total.